The van der Waals surface area contributed by atoms with Crippen LogP contribution in [0.4, 0.5) is 4.39 Å². The van der Waals surface area contributed by atoms with Crippen LogP contribution >= 0.6 is 11.6 Å². The summed E-state index contributed by atoms with van der Waals surface area (Å²) in [6.45, 7) is 0. The first-order valence-corrected chi connectivity index (χ1v) is 7.15. The summed E-state index contributed by atoms with van der Waals surface area (Å²) in [4.78, 5) is 11.3. The Morgan fingerprint density at radius 2 is 1.96 bits per heavy atom. The second-order valence-corrected chi connectivity index (χ2v) is 5.23. The summed E-state index contributed by atoms with van der Waals surface area (Å²) in [5.74, 6) is 0.208. The van der Waals surface area contributed by atoms with Gasteiger partial charge in [0.25, 0.3) is 0 Å². The van der Waals surface area contributed by atoms with E-state index in [1.54, 1.807) is 31.5 Å². The third kappa shape index (κ3) is 2.96. The number of hydrogen-bond donors (Lipinski definition) is 0. The highest BCUT2D eigenvalue weighted by Gasteiger charge is 2.12. The van der Waals surface area contributed by atoms with Gasteiger partial charge in [-0.1, -0.05) is 11.6 Å². The lowest BCUT2D eigenvalue weighted by molar-refractivity contribution is 0.112. The predicted molar refractivity (Wildman–Crippen MR) is 85.9 cm³/mol. The first kappa shape index (κ1) is 15.2. The maximum Gasteiger partial charge on any atom is 0.153 e. The summed E-state index contributed by atoms with van der Waals surface area (Å²) < 4.78 is 19.9. The van der Waals surface area contributed by atoms with E-state index in [0.29, 0.717) is 22.7 Å². The van der Waals surface area contributed by atoms with Crippen LogP contribution in [0, 0.1) is 5.82 Å². The second-order valence-electron chi connectivity index (χ2n) is 4.82. The minimum absolute atomic E-state index is 0.00310. The number of aldehydes is 1. The number of aromatic nitrogens is 2. The molecule has 0 N–H and O–H groups in total. The van der Waals surface area contributed by atoms with Crippen molar-refractivity contribution in [1.29, 1.82) is 0 Å². The van der Waals surface area contributed by atoms with E-state index in [-0.39, 0.29) is 5.02 Å². The van der Waals surface area contributed by atoms with Crippen molar-refractivity contribution < 1.29 is 13.9 Å². The van der Waals surface area contributed by atoms with Crippen molar-refractivity contribution in [2.75, 3.05) is 7.11 Å². The molecule has 116 valence electrons. The van der Waals surface area contributed by atoms with Crippen LogP contribution < -0.4 is 4.74 Å². The van der Waals surface area contributed by atoms with Crippen LogP contribution in [0.1, 0.15) is 10.4 Å². The third-order valence-corrected chi connectivity index (χ3v) is 3.69. The third-order valence-electron chi connectivity index (χ3n) is 3.40. The largest absolute Gasteiger partial charge is 0.497 e. The van der Waals surface area contributed by atoms with Gasteiger partial charge in [0.05, 0.1) is 23.4 Å². The van der Waals surface area contributed by atoms with Crippen LogP contribution in [0.2, 0.25) is 5.02 Å². The highest BCUT2D eigenvalue weighted by atomic mass is 35.5. The van der Waals surface area contributed by atoms with Crippen molar-refractivity contribution >= 4 is 17.9 Å². The lowest BCUT2D eigenvalue weighted by atomic mass is 10.1. The van der Waals surface area contributed by atoms with Crippen LogP contribution in [0.25, 0.3) is 16.9 Å². The van der Waals surface area contributed by atoms with Gasteiger partial charge in [-0.2, -0.15) is 5.10 Å². The van der Waals surface area contributed by atoms with E-state index in [0.717, 1.165) is 11.8 Å². The van der Waals surface area contributed by atoms with E-state index in [9.17, 15) is 9.18 Å². The van der Waals surface area contributed by atoms with E-state index in [4.69, 9.17) is 16.3 Å². The molecule has 0 bridgehead atoms. The number of hydrogen-bond acceptors (Lipinski definition) is 3. The van der Waals surface area contributed by atoms with Crippen molar-refractivity contribution in [3.05, 3.63) is 65.1 Å². The van der Waals surface area contributed by atoms with Gasteiger partial charge in [-0.05, 0) is 42.5 Å². The summed E-state index contributed by atoms with van der Waals surface area (Å²) in [6.07, 6.45) is 2.31. The molecule has 0 aliphatic heterocycles. The fourth-order valence-corrected chi connectivity index (χ4v) is 2.38. The molecule has 2 aromatic carbocycles. The minimum Gasteiger partial charge on any atom is -0.497 e. The van der Waals surface area contributed by atoms with E-state index >= 15 is 0 Å². The van der Waals surface area contributed by atoms with E-state index in [1.807, 2.05) is 12.1 Å². The molecule has 0 aliphatic carbocycles. The summed E-state index contributed by atoms with van der Waals surface area (Å²) in [5, 5.41) is 4.41. The van der Waals surface area contributed by atoms with Gasteiger partial charge in [-0.15, -0.1) is 0 Å². The number of rotatable bonds is 4. The van der Waals surface area contributed by atoms with Gasteiger partial charge in [0.15, 0.2) is 6.29 Å². The summed E-state index contributed by atoms with van der Waals surface area (Å²) in [7, 11) is 1.58. The lowest BCUT2D eigenvalue weighted by Gasteiger charge is -2.03. The van der Waals surface area contributed by atoms with Crippen molar-refractivity contribution in [1.82, 2.24) is 9.78 Å². The molecule has 0 saturated heterocycles. The van der Waals surface area contributed by atoms with Crippen molar-refractivity contribution in [3.63, 3.8) is 0 Å². The maximum atomic E-state index is 13.3. The van der Waals surface area contributed by atoms with Crippen molar-refractivity contribution in [2.45, 2.75) is 0 Å². The van der Waals surface area contributed by atoms with Gasteiger partial charge in [-0.3, -0.25) is 4.79 Å². The lowest BCUT2D eigenvalue weighted by Crippen LogP contribution is -1.95. The molecular formula is C17H12ClFN2O2. The van der Waals surface area contributed by atoms with E-state index in [1.165, 1.54) is 16.8 Å². The molecule has 0 unspecified atom stereocenters. The second kappa shape index (κ2) is 6.22. The van der Waals surface area contributed by atoms with Gasteiger partial charge in [0.1, 0.15) is 17.3 Å². The Morgan fingerprint density at radius 3 is 2.57 bits per heavy atom. The Bertz CT molecular complexity index is 860. The number of benzene rings is 2. The van der Waals surface area contributed by atoms with Gasteiger partial charge in [0.2, 0.25) is 0 Å². The predicted octanol–water partition coefficient (Wildman–Crippen LogP) is 4.15. The SMILES string of the molecule is COc1ccc(-c2nn(-c3ccc(F)c(Cl)c3)cc2C=O)cc1. The fraction of sp³-hybridized carbons (Fsp3) is 0.0588. The number of carbonyl (C=O) groups is 1. The molecule has 0 amide bonds. The minimum atomic E-state index is -0.506. The molecule has 6 heteroatoms. The molecular weight excluding hydrogens is 319 g/mol. The smallest absolute Gasteiger partial charge is 0.153 e. The molecule has 23 heavy (non-hydrogen) atoms. The topological polar surface area (TPSA) is 44.1 Å². The van der Waals surface area contributed by atoms with Crippen LogP contribution in [0.3, 0.4) is 0 Å². The maximum absolute atomic E-state index is 13.3. The number of methoxy groups -OCH3 is 1. The molecule has 0 atom stereocenters. The average Bonchev–Trinajstić information content (AvgIpc) is 3.02. The molecule has 4 nitrogen and oxygen atoms in total. The molecule has 0 aliphatic rings. The Labute approximate surface area is 137 Å². The van der Waals surface area contributed by atoms with Gasteiger partial charge in [0, 0.05) is 11.8 Å². The molecule has 1 heterocycles. The number of halogens is 2. The molecule has 3 rings (SSSR count). The monoisotopic (exact) mass is 330 g/mol. The molecule has 1 aromatic heterocycles. The first-order valence-electron chi connectivity index (χ1n) is 6.77. The van der Waals surface area contributed by atoms with Gasteiger partial charge in [-0.25, -0.2) is 9.07 Å². The standard InChI is InChI=1S/C17H12ClFN2O2/c1-23-14-5-2-11(3-6-14)17-12(10-22)9-21(20-17)13-4-7-16(19)15(18)8-13/h2-10H,1H3. The van der Waals surface area contributed by atoms with Crippen LogP contribution in [-0.2, 0) is 0 Å². The summed E-state index contributed by atoms with van der Waals surface area (Å²) in [5.41, 5.74) is 2.30. The number of nitrogens with zero attached hydrogens (tertiary/aromatic N) is 2. The van der Waals surface area contributed by atoms with E-state index < -0.39 is 5.82 Å². The van der Waals surface area contributed by atoms with Gasteiger partial charge >= 0.3 is 0 Å². The zero-order valence-electron chi connectivity index (χ0n) is 12.2. The van der Waals surface area contributed by atoms with Crippen LogP contribution in [0.5, 0.6) is 5.75 Å². The number of ether oxygens (including phenoxy) is 1. The highest BCUT2D eigenvalue weighted by molar-refractivity contribution is 6.30. The highest BCUT2D eigenvalue weighted by Crippen LogP contribution is 2.26. The molecule has 0 spiro atoms. The van der Waals surface area contributed by atoms with Crippen LogP contribution in [-0.4, -0.2) is 23.2 Å². The quantitative estimate of drug-likeness (QED) is 0.675. The number of carbonyl (C=O) groups excluding carboxylic acids is 1. The summed E-state index contributed by atoms with van der Waals surface area (Å²) in [6, 6.07) is 11.5. The van der Waals surface area contributed by atoms with Crippen molar-refractivity contribution in [2.24, 2.45) is 0 Å². The molecule has 0 fully saturated rings. The zero-order chi connectivity index (χ0) is 16.4. The Kier molecular flexibility index (Phi) is 4.12. The van der Waals surface area contributed by atoms with Crippen LogP contribution in [0.15, 0.2) is 48.7 Å². The first-order chi connectivity index (χ1) is 11.1. The Hall–Kier alpha value is -2.66. The normalized spacial score (nSPS) is 10.6. The van der Waals surface area contributed by atoms with Gasteiger partial charge < -0.3 is 4.74 Å². The zero-order valence-corrected chi connectivity index (χ0v) is 12.9. The average molecular weight is 331 g/mol. The Morgan fingerprint density at radius 1 is 1.22 bits per heavy atom. The molecule has 0 radical (unpaired) electrons. The summed E-state index contributed by atoms with van der Waals surface area (Å²) >= 11 is 5.80. The fourth-order valence-electron chi connectivity index (χ4n) is 2.21. The molecule has 3 aromatic rings. The molecule has 0 saturated carbocycles. The Balaban J connectivity index is 2.06. The van der Waals surface area contributed by atoms with E-state index in [2.05, 4.69) is 5.10 Å². The van der Waals surface area contributed by atoms with Crippen molar-refractivity contribution in [3.8, 4) is 22.7 Å².